The van der Waals surface area contributed by atoms with Crippen LogP contribution in [0.25, 0.3) is 6.08 Å². The number of hydrogen-bond acceptors (Lipinski definition) is 5. The van der Waals surface area contributed by atoms with E-state index in [2.05, 4.69) is 24.1 Å². The molecule has 2 heterocycles. The van der Waals surface area contributed by atoms with Crippen LogP contribution in [0.2, 0.25) is 0 Å². The normalized spacial score (nSPS) is 21.7. The summed E-state index contributed by atoms with van der Waals surface area (Å²) in [6.45, 7) is 6.77. The molecule has 0 saturated carbocycles. The van der Waals surface area contributed by atoms with E-state index in [0.29, 0.717) is 6.61 Å². The van der Waals surface area contributed by atoms with Crippen molar-refractivity contribution < 1.29 is 19.1 Å². The van der Waals surface area contributed by atoms with Crippen molar-refractivity contribution in [2.24, 2.45) is 0 Å². The van der Waals surface area contributed by atoms with Gasteiger partial charge in [0.25, 0.3) is 11.8 Å². The van der Waals surface area contributed by atoms with E-state index in [9.17, 15) is 14.4 Å². The van der Waals surface area contributed by atoms with Crippen molar-refractivity contribution in [1.29, 1.82) is 0 Å². The standard InChI is InChI=1S/C20H25N3O4/c1-3-22(4-2)15-9-7-14(8-10-15)12-17-18(24)21-20(26)23(19(17)25)13-16-6-5-11-27-16/h7-10,12,16H,3-6,11,13H2,1-2H3,(H,21,24,26)/b17-12-/t16-/m0/s1. The fourth-order valence-electron chi connectivity index (χ4n) is 3.39. The van der Waals surface area contributed by atoms with E-state index >= 15 is 0 Å². The number of rotatable bonds is 6. The Bertz CT molecular complexity index is 747. The molecule has 4 amide bonds. The number of urea groups is 1. The van der Waals surface area contributed by atoms with Crippen LogP contribution in [-0.2, 0) is 14.3 Å². The fraction of sp³-hybridized carbons (Fsp3) is 0.450. The van der Waals surface area contributed by atoms with Gasteiger partial charge in [-0.25, -0.2) is 4.79 Å². The minimum atomic E-state index is -0.686. The maximum atomic E-state index is 12.7. The Kier molecular flexibility index (Phi) is 5.91. The summed E-state index contributed by atoms with van der Waals surface area (Å²) in [6.07, 6.45) is 3.08. The third kappa shape index (κ3) is 4.19. The number of hydrogen-bond donors (Lipinski definition) is 1. The highest BCUT2D eigenvalue weighted by Gasteiger charge is 2.37. The predicted octanol–water partition coefficient (Wildman–Crippen LogP) is 2.17. The van der Waals surface area contributed by atoms with Crippen LogP contribution in [0.1, 0.15) is 32.3 Å². The number of amides is 4. The number of benzene rings is 1. The second-order valence-corrected chi connectivity index (χ2v) is 6.63. The summed E-state index contributed by atoms with van der Waals surface area (Å²) in [5, 5.41) is 2.25. The van der Waals surface area contributed by atoms with Gasteiger partial charge in [-0.2, -0.15) is 0 Å². The molecule has 7 heteroatoms. The molecule has 2 aliphatic rings. The van der Waals surface area contributed by atoms with E-state index in [1.807, 2.05) is 24.3 Å². The Hall–Kier alpha value is -2.67. The van der Waals surface area contributed by atoms with Gasteiger partial charge in [0.2, 0.25) is 0 Å². The summed E-state index contributed by atoms with van der Waals surface area (Å²) >= 11 is 0. The smallest absolute Gasteiger partial charge is 0.331 e. The third-order valence-electron chi connectivity index (χ3n) is 4.93. The van der Waals surface area contributed by atoms with E-state index in [0.717, 1.165) is 42.1 Å². The van der Waals surface area contributed by atoms with Crippen LogP contribution < -0.4 is 10.2 Å². The molecule has 2 fully saturated rings. The molecule has 0 aliphatic carbocycles. The quantitative estimate of drug-likeness (QED) is 0.612. The number of carbonyl (C=O) groups is 3. The number of carbonyl (C=O) groups excluding carboxylic acids is 3. The molecule has 2 saturated heterocycles. The monoisotopic (exact) mass is 371 g/mol. The van der Waals surface area contributed by atoms with Gasteiger partial charge in [-0.05, 0) is 50.5 Å². The maximum Gasteiger partial charge on any atom is 0.331 e. The van der Waals surface area contributed by atoms with Crippen LogP contribution in [0.5, 0.6) is 0 Å². The van der Waals surface area contributed by atoms with Gasteiger partial charge >= 0.3 is 6.03 Å². The van der Waals surface area contributed by atoms with E-state index in [1.165, 1.54) is 6.08 Å². The number of ether oxygens (including phenoxy) is 1. The zero-order chi connectivity index (χ0) is 19.4. The van der Waals surface area contributed by atoms with Crippen molar-refractivity contribution in [1.82, 2.24) is 10.2 Å². The highest BCUT2D eigenvalue weighted by Crippen LogP contribution is 2.20. The minimum Gasteiger partial charge on any atom is -0.376 e. The molecule has 0 bridgehead atoms. The molecule has 27 heavy (non-hydrogen) atoms. The van der Waals surface area contributed by atoms with Gasteiger partial charge in [0.1, 0.15) is 5.57 Å². The zero-order valence-corrected chi connectivity index (χ0v) is 15.7. The highest BCUT2D eigenvalue weighted by molar-refractivity contribution is 6.31. The molecule has 1 N–H and O–H groups in total. The lowest BCUT2D eigenvalue weighted by Crippen LogP contribution is -2.55. The molecule has 0 spiro atoms. The van der Waals surface area contributed by atoms with Crippen LogP contribution >= 0.6 is 0 Å². The Morgan fingerprint density at radius 3 is 2.48 bits per heavy atom. The molecule has 1 aromatic rings. The molecule has 1 aromatic carbocycles. The molecule has 0 aromatic heterocycles. The molecular weight excluding hydrogens is 346 g/mol. The number of nitrogens with zero attached hydrogens (tertiary/aromatic N) is 2. The first-order valence-electron chi connectivity index (χ1n) is 9.39. The van der Waals surface area contributed by atoms with E-state index in [1.54, 1.807) is 0 Å². The van der Waals surface area contributed by atoms with Crippen LogP contribution in [-0.4, -0.2) is 55.1 Å². The SMILES string of the molecule is CCN(CC)c1ccc(/C=C2/C(=O)NC(=O)N(C[C@@H]3CCCO3)C2=O)cc1. The van der Waals surface area contributed by atoms with Crippen LogP contribution in [0.4, 0.5) is 10.5 Å². The van der Waals surface area contributed by atoms with Gasteiger partial charge in [0, 0.05) is 25.4 Å². The number of anilines is 1. The Labute approximate surface area is 159 Å². The summed E-state index contributed by atoms with van der Waals surface area (Å²) < 4.78 is 5.51. The molecule has 7 nitrogen and oxygen atoms in total. The maximum absolute atomic E-state index is 12.7. The van der Waals surface area contributed by atoms with Crippen molar-refractivity contribution in [2.75, 3.05) is 31.1 Å². The van der Waals surface area contributed by atoms with E-state index in [4.69, 9.17) is 4.74 Å². The Morgan fingerprint density at radius 1 is 1.19 bits per heavy atom. The lowest BCUT2D eigenvalue weighted by molar-refractivity contribution is -0.131. The molecule has 0 unspecified atom stereocenters. The van der Waals surface area contributed by atoms with Crippen LogP contribution in [0.3, 0.4) is 0 Å². The third-order valence-corrected chi connectivity index (χ3v) is 4.93. The van der Waals surface area contributed by atoms with E-state index in [-0.39, 0.29) is 18.2 Å². The number of imide groups is 2. The summed E-state index contributed by atoms with van der Waals surface area (Å²) in [5.41, 5.74) is 1.77. The number of barbiturate groups is 1. The number of nitrogens with one attached hydrogen (secondary N) is 1. The summed E-state index contributed by atoms with van der Waals surface area (Å²) in [5.74, 6) is -1.24. The second kappa shape index (κ2) is 8.35. The van der Waals surface area contributed by atoms with Crippen LogP contribution in [0.15, 0.2) is 29.8 Å². The first kappa shape index (κ1) is 19.1. The molecular formula is C20H25N3O4. The summed E-state index contributed by atoms with van der Waals surface area (Å²) in [7, 11) is 0. The van der Waals surface area contributed by atoms with Crippen molar-refractivity contribution >= 4 is 29.6 Å². The van der Waals surface area contributed by atoms with Gasteiger partial charge in [0.05, 0.1) is 12.6 Å². The van der Waals surface area contributed by atoms with Crippen molar-refractivity contribution in [3.05, 3.63) is 35.4 Å². The van der Waals surface area contributed by atoms with E-state index < -0.39 is 17.8 Å². The first-order chi connectivity index (χ1) is 13.0. The van der Waals surface area contributed by atoms with Gasteiger partial charge < -0.3 is 9.64 Å². The molecule has 144 valence electrons. The fourth-order valence-corrected chi connectivity index (χ4v) is 3.39. The molecule has 2 aliphatic heterocycles. The predicted molar refractivity (Wildman–Crippen MR) is 102 cm³/mol. The van der Waals surface area contributed by atoms with Crippen molar-refractivity contribution in [3.63, 3.8) is 0 Å². The summed E-state index contributed by atoms with van der Waals surface area (Å²) in [6, 6.07) is 6.96. The lowest BCUT2D eigenvalue weighted by atomic mass is 10.1. The van der Waals surface area contributed by atoms with Crippen molar-refractivity contribution in [3.8, 4) is 0 Å². The van der Waals surface area contributed by atoms with Gasteiger partial charge in [-0.1, -0.05) is 12.1 Å². The van der Waals surface area contributed by atoms with Crippen molar-refractivity contribution in [2.45, 2.75) is 32.8 Å². The molecule has 3 rings (SSSR count). The average Bonchev–Trinajstić information content (AvgIpc) is 3.18. The average molecular weight is 371 g/mol. The molecule has 0 radical (unpaired) electrons. The second-order valence-electron chi connectivity index (χ2n) is 6.63. The molecule has 1 atom stereocenters. The largest absolute Gasteiger partial charge is 0.376 e. The summed E-state index contributed by atoms with van der Waals surface area (Å²) in [4.78, 5) is 40.2. The first-order valence-corrected chi connectivity index (χ1v) is 9.39. The Morgan fingerprint density at radius 2 is 1.89 bits per heavy atom. The van der Waals surface area contributed by atoms with Gasteiger partial charge in [-0.3, -0.25) is 19.8 Å². The van der Waals surface area contributed by atoms with Gasteiger partial charge in [0.15, 0.2) is 0 Å². The van der Waals surface area contributed by atoms with Gasteiger partial charge in [-0.15, -0.1) is 0 Å². The minimum absolute atomic E-state index is 0.0387. The lowest BCUT2D eigenvalue weighted by Gasteiger charge is -2.28. The Balaban J connectivity index is 1.79. The van der Waals surface area contributed by atoms with Crippen LogP contribution in [0, 0.1) is 0 Å². The zero-order valence-electron chi connectivity index (χ0n) is 15.7. The topological polar surface area (TPSA) is 79.0 Å². The highest BCUT2D eigenvalue weighted by atomic mass is 16.5.